The third-order valence-electron chi connectivity index (χ3n) is 6.64. The first-order chi connectivity index (χ1) is 18.4. The van der Waals surface area contributed by atoms with Gasteiger partial charge in [-0.2, -0.15) is 0 Å². The average Bonchev–Trinajstić information content (AvgIpc) is 2.84. The quantitative estimate of drug-likeness (QED) is 0.205. The summed E-state index contributed by atoms with van der Waals surface area (Å²) in [5.41, 5.74) is 1.12. The van der Waals surface area contributed by atoms with Crippen molar-refractivity contribution in [3.63, 3.8) is 0 Å². The summed E-state index contributed by atoms with van der Waals surface area (Å²) in [6, 6.07) is 6.20. The molecule has 0 fully saturated rings. The van der Waals surface area contributed by atoms with E-state index in [1.54, 1.807) is 25.7 Å². The van der Waals surface area contributed by atoms with Crippen LogP contribution in [-0.4, -0.2) is 47.5 Å². The van der Waals surface area contributed by atoms with Crippen molar-refractivity contribution in [2.45, 2.75) is 131 Å². The minimum Gasteiger partial charge on any atom is -0.444 e. The zero-order valence-electron chi connectivity index (χ0n) is 25.9. The largest absolute Gasteiger partial charge is 0.444 e. The fraction of sp³-hybridized carbons (Fsp3) is 0.719. The van der Waals surface area contributed by atoms with Gasteiger partial charge in [-0.15, -0.1) is 0 Å². The van der Waals surface area contributed by atoms with Crippen LogP contribution in [0.5, 0.6) is 0 Å². The number of ether oxygens (including phenoxy) is 1. The van der Waals surface area contributed by atoms with Crippen molar-refractivity contribution in [3.8, 4) is 0 Å². The summed E-state index contributed by atoms with van der Waals surface area (Å²) in [4.78, 5) is 42.3. The average molecular weight is 546 g/mol. The normalized spacial score (nSPS) is 13.1. The number of unbranched alkanes of at least 4 members (excludes halogenated alkanes) is 7. The van der Waals surface area contributed by atoms with E-state index < -0.39 is 23.8 Å². The molecule has 0 aliphatic rings. The van der Waals surface area contributed by atoms with Gasteiger partial charge in [0.15, 0.2) is 0 Å². The molecule has 1 aromatic rings. The van der Waals surface area contributed by atoms with E-state index in [9.17, 15) is 14.4 Å². The Kier molecular flexibility index (Phi) is 15.8. The Morgan fingerprint density at radius 1 is 0.923 bits per heavy atom. The Bertz CT molecular complexity index is 878. The molecule has 3 amide bonds. The molecule has 0 saturated carbocycles. The van der Waals surface area contributed by atoms with Crippen molar-refractivity contribution >= 4 is 17.9 Å². The molecule has 1 rings (SSSR count). The van der Waals surface area contributed by atoms with Gasteiger partial charge in [-0.1, -0.05) is 102 Å². The first-order valence-corrected chi connectivity index (χ1v) is 15.1. The van der Waals surface area contributed by atoms with E-state index >= 15 is 0 Å². The van der Waals surface area contributed by atoms with Crippen LogP contribution >= 0.6 is 0 Å². The minimum atomic E-state index is -0.819. The third kappa shape index (κ3) is 13.4. The fourth-order valence-corrected chi connectivity index (χ4v) is 4.55. The summed E-state index contributed by atoms with van der Waals surface area (Å²) in [5, 5.41) is 5.89. The van der Waals surface area contributed by atoms with Crippen molar-refractivity contribution in [2.75, 3.05) is 13.1 Å². The van der Waals surface area contributed by atoms with E-state index in [2.05, 4.69) is 24.5 Å². The Hall–Kier alpha value is -2.57. The van der Waals surface area contributed by atoms with Crippen LogP contribution < -0.4 is 10.6 Å². The second kappa shape index (κ2) is 17.9. The van der Waals surface area contributed by atoms with Crippen molar-refractivity contribution in [3.05, 3.63) is 35.4 Å². The molecule has 0 spiro atoms. The lowest BCUT2D eigenvalue weighted by atomic mass is 9.97. The Morgan fingerprint density at radius 2 is 1.54 bits per heavy atom. The van der Waals surface area contributed by atoms with Crippen LogP contribution in [0.4, 0.5) is 4.79 Å². The van der Waals surface area contributed by atoms with E-state index in [1.807, 2.05) is 45.0 Å². The zero-order valence-corrected chi connectivity index (χ0v) is 25.9. The highest BCUT2D eigenvalue weighted by atomic mass is 16.6. The van der Waals surface area contributed by atoms with Gasteiger partial charge < -0.3 is 20.3 Å². The topological polar surface area (TPSA) is 87.7 Å². The summed E-state index contributed by atoms with van der Waals surface area (Å²) in [6.07, 6.45) is 8.75. The number of alkyl carbamates (subject to hydrolysis) is 1. The molecule has 7 heteroatoms. The number of carbonyl (C=O) groups excluding carboxylic acids is 3. The van der Waals surface area contributed by atoms with Crippen molar-refractivity contribution < 1.29 is 19.1 Å². The molecule has 0 aliphatic heterocycles. The number of hydrogen-bond donors (Lipinski definition) is 2. The minimum absolute atomic E-state index is 0.184. The van der Waals surface area contributed by atoms with Gasteiger partial charge in [-0.3, -0.25) is 9.59 Å². The maximum atomic E-state index is 14.2. The highest BCUT2D eigenvalue weighted by molar-refractivity contribution is 5.92. The van der Waals surface area contributed by atoms with Gasteiger partial charge in [-0.25, -0.2) is 4.79 Å². The number of nitrogens with one attached hydrogen (secondary N) is 2. The molecule has 2 unspecified atom stereocenters. The standard InChI is InChI=1S/C32H55N3O4/c1-9-11-13-14-15-17-22-35(30(37)27(24(3)4)34-31(38)39-32(6,7)8)28(26-20-18-19-25(5)23-26)29(36)33-21-16-12-10-2/h18-20,23-24,27-28H,9-17,21-22H2,1-8H3,(H,33,36)(H,34,38). The monoisotopic (exact) mass is 545 g/mol. The lowest BCUT2D eigenvalue weighted by molar-refractivity contribution is -0.143. The summed E-state index contributed by atoms with van der Waals surface area (Å²) < 4.78 is 5.47. The first kappa shape index (κ1) is 34.5. The van der Waals surface area contributed by atoms with Crippen LogP contribution in [0.15, 0.2) is 24.3 Å². The Morgan fingerprint density at radius 3 is 2.13 bits per heavy atom. The molecule has 0 bridgehead atoms. The van der Waals surface area contributed by atoms with Gasteiger partial charge in [-0.05, 0) is 52.0 Å². The van der Waals surface area contributed by atoms with Gasteiger partial charge in [0.05, 0.1) is 0 Å². The van der Waals surface area contributed by atoms with Gasteiger partial charge >= 0.3 is 6.09 Å². The number of aryl methyl sites for hydroxylation is 1. The van der Waals surface area contributed by atoms with E-state index in [0.717, 1.165) is 49.7 Å². The number of amides is 3. The van der Waals surface area contributed by atoms with Crippen molar-refractivity contribution in [1.82, 2.24) is 15.5 Å². The smallest absolute Gasteiger partial charge is 0.408 e. The van der Waals surface area contributed by atoms with Crippen LogP contribution in [0, 0.1) is 12.8 Å². The third-order valence-corrected chi connectivity index (χ3v) is 6.64. The summed E-state index contributed by atoms with van der Waals surface area (Å²) in [6.45, 7) is 16.5. The lowest BCUT2D eigenvalue weighted by Crippen LogP contribution is -2.55. The molecule has 7 nitrogen and oxygen atoms in total. The number of benzene rings is 1. The molecule has 0 saturated heterocycles. The van der Waals surface area contributed by atoms with Crippen LogP contribution in [0.1, 0.15) is 123 Å². The summed E-state index contributed by atoms with van der Waals surface area (Å²) >= 11 is 0. The lowest BCUT2D eigenvalue weighted by Gasteiger charge is -2.36. The molecule has 39 heavy (non-hydrogen) atoms. The highest BCUT2D eigenvalue weighted by Crippen LogP contribution is 2.26. The van der Waals surface area contributed by atoms with Crippen LogP contribution in [0.2, 0.25) is 0 Å². The molecule has 1 aromatic carbocycles. The number of nitrogens with zero attached hydrogens (tertiary/aromatic N) is 1. The maximum Gasteiger partial charge on any atom is 0.408 e. The predicted molar refractivity (Wildman–Crippen MR) is 160 cm³/mol. The number of rotatable bonds is 17. The Balaban J connectivity index is 3.36. The zero-order chi connectivity index (χ0) is 29.4. The van der Waals surface area contributed by atoms with Gasteiger partial charge in [0.2, 0.25) is 11.8 Å². The molecule has 0 aromatic heterocycles. The Labute approximate surface area is 237 Å². The van der Waals surface area contributed by atoms with Crippen LogP contribution in [0.3, 0.4) is 0 Å². The SMILES string of the molecule is CCCCCCCCN(C(=O)C(NC(=O)OC(C)(C)C)C(C)C)C(C(=O)NCCCCC)c1cccc(C)c1. The van der Waals surface area contributed by atoms with Crippen LogP contribution in [-0.2, 0) is 14.3 Å². The number of carbonyl (C=O) groups is 3. The second-order valence-corrected chi connectivity index (χ2v) is 12.0. The molecule has 2 atom stereocenters. The molecular weight excluding hydrogens is 490 g/mol. The second-order valence-electron chi connectivity index (χ2n) is 12.0. The summed E-state index contributed by atoms with van der Waals surface area (Å²) in [7, 11) is 0. The molecule has 222 valence electrons. The van der Waals surface area contributed by atoms with E-state index in [4.69, 9.17) is 4.74 Å². The first-order valence-electron chi connectivity index (χ1n) is 15.1. The molecule has 0 heterocycles. The molecule has 0 aliphatic carbocycles. The number of hydrogen-bond acceptors (Lipinski definition) is 4. The van der Waals surface area contributed by atoms with E-state index in [-0.39, 0.29) is 17.7 Å². The molecule has 2 N–H and O–H groups in total. The highest BCUT2D eigenvalue weighted by Gasteiger charge is 2.37. The van der Waals surface area contributed by atoms with Crippen molar-refractivity contribution in [1.29, 1.82) is 0 Å². The van der Waals surface area contributed by atoms with Gasteiger partial charge in [0, 0.05) is 13.1 Å². The fourth-order valence-electron chi connectivity index (χ4n) is 4.55. The van der Waals surface area contributed by atoms with Crippen LogP contribution in [0.25, 0.3) is 0 Å². The van der Waals surface area contributed by atoms with E-state index in [1.165, 1.54) is 19.3 Å². The molecule has 0 radical (unpaired) electrons. The molecular formula is C32H55N3O4. The maximum absolute atomic E-state index is 14.2. The van der Waals surface area contributed by atoms with Gasteiger partial charge in [0.1, 0.15) is 17.7 Å². The summed E-state index contributed by atoms with van der Waals surface area (Å²) in [5.74, 6) is -0.640. The van der Waals surface area contributed by atoms with Gasteiger partial charge in [0.25, 0.3) is 0 Å². The van der Waals surface area contributed by atoms with Crippen molar-refractivity contribution in [2.24, 2.45) is 5.92 Å². The van der Waals surface area contributed by atoms with E-state index in [0.29, 0.717) is 13.1 Å². The predicted octanol–water partition coefficient (Wildman–Crippen LogP) is 7.08.